The predicted molar refractivity (Wildman–Crippen MR) is 74.4 cm³/mol. The van der Waals surface area contributed by atoms with Crippen LogP contribution in [0.4, 0.5) is 0 Å². The first kappa shape index (κ1) is 12.9. The van der Waals surface area contributed by atoms with Crippen molar-refractivity contribution >= 4 is 9.84 Å². The first-order valence-corrected chi connectivity index (χ1v) is 8.63. The number of piperidine rings is 1. The average molecular weight is 281 g/mol. The highest BCUT2D eigenvalue weighted by Crippen LogP contribution is 2.32. The van der Waals surface area contributed by atoms with Gasteiger partial charge in [0, 0.05) is 12.5 Å². The minimum atomic E-state index is -2.83. The normalized spacial score (nSPS) is 26.6. The Balaban J connectivity index is 1.74. The number of ether oxygens (including phenoxy) is 1. The van der Waals surface area contributed by atoms with Crippen LogP contribution in [-0.2, 0) is 9.84 Å². The molecule has 1 atom stereocenters. The van der Waals surface area contributed by atoms with Crippen molar-refractivity contribution in [3.05, 3.63) is 29.8 Å². The lowest BCUT2D eigenvalue weighted by Gasteiger charge is -2.30. The van der Waals surface area contributed by atoms with Crippen LogP contribution in [0.15, 0.2) is 24.3 Å². The van der Waals surface area contributed by atoms with Gasteiger partial charge in [0.25, 0.3) is 0 Å². The molecule has 1 aromatic carbocycles. The molecule has 2 heterocycles. The summed E-state index contributed by atoms with van der Waals surface area (Å²) in [5, 5.41) is 3.40. The molecule has 2 fully saturated rings. The second kappa shape index (κ2) is 5.13. The van der Waals surface area contributed by atoms with E-state index in [0.717, 1.165) is 25.3 Å². The highest BCUT2D eigenvalue weighted by Gasteiger charge is 2.35. The number of para-hydroxylation sites is 1. The fourth-order valence-electron chi connectivity index (χ4n) is 2.81. The number of benzene rings is 1. The molecule has 0 aromatic heterocycles. The predicted octanol–water partition coefficient (Wildman–Crippen LogP) is 1.33. The van der Waals surface area contributed by atoms with Gasteiger partial charge in [-0.15, -0.1) is 0 Å². The number of sulfone groups is 1. The molecule has 2 saturated heterocycles. The van der Waals surface area contributed by atoms with Gasteiger partial charge in [-0.05, 0) is 31.0 Å². The minimum Gasteiger partial charge on any atom is -0.488 e. The summed E-state index contributed by atoms with van der Waals surface area (Å²) in [7, 11) is -2.83. The zero-order valence-corrected chi connectivity index (χ0v) is 11.7. The van der Waals surface area contributed by atoms with Gasteiger partial charge in [-0.3, -0.25) is 0 Å². The van der Waals surface area contributed by atoms with Gasteiger partial charge in [-0.1, -0.05) is 18.2 Å². The van der Waals surface area contributed by atoms with Crippen LogP contribution in [0, 0.1) is 0 Å². The fraction of sp³-hybridized carbons (Fsp3) is 0.571. The van der Waals surface area contributed by atoms with Crippen molar-refractivity contribution in [2.75, 3.05) is 24.6 Å². The van der Waals surface area contributed by atoms with E-state index in [4.69, 9.17) is 4.74 Å². The van der Waals surface area contributed by atoms with Crippen LogP contribution in [-0.4, -0.2) is 39.1 Å². The topological polar surface area (TPSA) is 55.4 Å². The van der Waals surface area contributed by atoms with E-state index in [1.54, 1.807) is 0 Å². The van der Waals surface area contributed by atoms with E-state index in [-0.39, 0.29) is 17.6 Å². The summed E-state index contributed by atoms with van der Waals surface area (Å²) in [4.78, 5) is 0. The molecule has 5 heteroatoms. The van der Waals surface area contributed by atoms with Crippen molar-refractivity contribution in [1.29, 1.82) is 0 Å². The summed E-state index contributed by atoms with van der Waals surface area (Å²) >= 11 is 0. The van der Waals surface area contributed by atoms with Crippen LogP contribution >= 0.6 is 0 Å². The third-order valence-corrected chi connectivity index (χ3v) is 5.59. The highest BCUT2D eigenvalue weighted by molar-refractivity contribution is 7.92. The van der Waals surface area contributed by atoms with E-state index in [1.807, 2.05) is 18.2 Å². The molecule has 0 saturated carbocycles. The molecule has 104 valence electrons. The first-order valence-electron chi connectivity index (χ1n) is 6.81. The third-order valence-electron chi connectivity index (χ3n) is 3.83. The molecule has 19 heavy (non-hydrogen) atoms. The molecule has 3 rings (SSSR count). The molecule has 1 unspecified atom stereocenters. The highest BCUT2D eigenvalue weighted by atomic mass is 32.2. The molecular weight excluding hydrogens is 262 g/mol. The monoisotopic (exact) mass is 281 g/mol. The Kier molecular flexibility index (Phi) is 3.50. The molecule has 0 aliphatic carbocycles. The van der Waals surface area contributed by atoms with E-state index in [2.05, 4.69) is 11.4 Å². The molecule has 0 amide bonds. The maximum Gasteiger partial charge on any atom is 0.157 e. The largest absolute Gasteiger partial charge is 0.488 e. The minimum absolute atomic E-state index is 0.157. The van der Waals surface area contributed by atoms with Gasteiger partial charge in [-0.25, -0.2) is 8.42 Å². The van der Waals surface area contributed by atoms with Crippen molar-refractivity contribution in [3.8, 4) is 5.75 Å². The molecular formula is C14H19NO3S. The van der Waals surface area contributed by atoms with Crippen LogP contribution in [0.1, 0.15) is 24.3 Å². The molecule has 4 nitrogen and oxygen atoms in total. The molecule has 0 spiro atoms. The quantitative estimate of drug-likeness (QED) is 0.908. The molecule has 2 aliphatic rings. The average Bonchev–Trinajstić information content (AvgIpc) is 2.38. The van der Waals surface area contributed by atoms with Crippen molar-refractivity contribution < 1.29 is 13.2 Å². The Morgan fingerprint density at radius 1 is 1.21 bits per heavy atom. The zero-order valence-electron chi connectivity index (χ0n) is 10.8. The summed E-state index contributed by atoms with van der Waals surface area (Å²) in [6.45, 7) is 2.06. The first-order chi connectivity index (χ1) is 9.14. The van der Waals surface area contributed by atoms with E-state index in [9.17, 15) is 8.42 Å². The van der Waals surface area contributed by atoms with Gasteiger partial charge in [0.2, 0.25) is 0 Å². The second-order valence-electron chi connectivity index (χ2n) is 5.40. The van der Waals surface area contributed by atoms with Crippen LogP contribution < -0.4 is 10.1 Å². The SMILES string of the molecule is O=S1(=O)CC(Oc2ccccc2C2CCCNC2)C1. The molecule has 2 aliphatic heterocycles. The van der Waals surface area contributed by atoms with Crippen molar-refractivity contribution in [1.82, 2.24) is 5.32 Å². The molecule has 0 radical (unpaired) electrons. The van der Waals surface area contributed by atoms with Crippen molar-refractivity contribution in [2.24, 2.45) is 0 Å². The Labute approximate surface area is 114 Å². The standard InChI is InChI=1S/C14H19NO3S/c16-19(17)9-12(10-19)18-14-6-2-1-5-13(14)11-4-3-7-15-8-11/h1-2,5-6,11-12,15H,3-4,7-10H2. The van der Waals surface area contributed by atoms with Crippen molar-refractivity contribution in [3.63, 3.8) is 0 Å². The number of rotatable bonds is 3. The number of hydrogen-bond acceptors (Lipinski definition) is 4. The third kappa shape index (κ3) is 2.92. The molecule has 1 N–H and O–H groups in total. The van der Waals surface area contributed by atoms with E-state index >= 15 is 0 Å². The summed E-state index contributed by atoms with van der Waals surface area (Å²) in [6, 6.07) is 8.02. The summed E-state index contributed by atoms with van der Waals surface area (Å²) in [5.74, 6) is 1.65. The summed E-state index contributed by atoms with van der Waals surface area (Å²) in [6.07, 6.45) is 2.18. The second-order valence-corrected chi connectivity index (χ2v) is 7.55. The zero-order chi connectivity index (χ0) is 13.3. The lowest BCUT2D eigenvalue weighted by atomic mass is 9.91. The van der Waals surface area contributed by atoms with Crippen LogP contribution in [0.3, 0.4) is 0 Å². The van der Waals surface area contributed by atoms with Gasteiger partial charge in [0.1, 0.15) is 11.9 Å². The molecule has 1 aromatic rings. The lowest BCUT2D eigenvalue weighted by Crippen LogP contribution is -2.45. The van der Waals surface area contributed by atoms with Crippen LogP contribution in [0.25, 0.3) is 0 Å². The Morgan fingerprint density at radius 3 is 2.68 bits per heavy atom. The number of nitrogens with one attached hydrogen (secondary N) is 1. The Morgan fingerprint density at radius 2 is 2.00 bits per heavy atom. The van der Waals surface area contributed by atoms with E-state index in [0.29, 0.717) is 5.92 Å². The van der Waals surface area contributed by atoms with Crippen LogP contribution in [0.5, 0.6) is 5.75 Å². The summed E-state index contributed by atoms with van der Waals surface area (Å²) < 4.78 is 28.2. The van der Waals surface area contributed by atoms with Gasteiger partial charge in [0.15, 0.2) is 9.84 Å². The maximum absolute atomic E-state index is 11.2. The van der Waals surface area contributed by atoms with Crippen molar-refractivity contribution in [2.45, 2.75) is 24.9 Å². The fourth-order valence-corrected chi connectivity index (χ4v) is 3.98. The van der Waals surface area contributed by atoms with E-state index < -0.39 is 9.84 Å². The molecule has 0 bridgehead atoms. The lowest BCUT2D eigenvalue weighted by molar-refractivity contribution is 0.226. The van der Waals surface area contributed by atoms with E-state index in [1.165, 1.54) is 12.0 Å². The van der Waals surface area contributed by atoms with Gasteiger partial charge >= 0.3 is 0 Å². The van der Waals surface area contributed by atoms with Gasteiger partial charge in [-0.2, -0.15) is 0 Å². The van der Waals surface area contributed by atoms with Gasteiger partial charge < -0.3 is 10.1 Å². The number of hydrogen-bond donors (Lipinski definition) is 1. The van der Waals surface area contributed by atoms with Gasteiger partial charge in [0.05, 0.1) is 11.5 Å². The van der Waals surface area contributed by atoms with Crippen LogP contribution in [0.2, 0.25) is 0 Å². The maximum atomic E-state index is 11.2. The summed E-state index contributed by atoms with van der Waals surface area (Å²) in [5.41, 5.74) is 1.21. The smallest absolute Gasteiger partial charge is 0.157 e. The Bertz CT molecular complexity index is 538. The Hall–Kier alpha value is -1.07.